The quantitative estimate of drug-likeness (QED) is 0.875. The van der Waals surface area contributed by atoms with Crippen LogP contribution in [0, 0.1) is 0 Å². The van der Waals surface area contributed by atoms with Crippen molar-refractivity contribution in [2.45, 2.75) is 19.6 Å². The predicted molar refractivity (Wildman–Crippen MR) is 72.5 cm³/mol. The van der Waals surface area contributed by atoms with E-state index >= 15 is 0 Å². The number of pyridine rings is 1. The van der Waals surface area contributed by atoms with Gasteiger partial charge < -0.3 is 10.1 Å². The molecule has 0 radical (unpaired) electrons. The summed E-state index contributed by atoms with van der Waals surface area (Å²) < 4.78 is 5.71. The first-order valence-electron chi connectivity index (χ1n) is 6.08. The van der Waals surface area contributed by atoms with Crippen molar-refractivity contribution in [3.8, 4) is 5.75 Å². The lowest BCUT2D eigenvalue weighted by Gasteiger charge is -2.11. The van der Waals surface area contributed by atoms with Gasteiger partial charge in [-0.1, -0.05) is 12.1 Å². The van der Waals surface area contributed by atoms with Gasteiger partial charge in [0.05, 0.1) is 0 Å². The Bertz CT molecular complexity index is 468. The van der Waals surface area contributed by atoms with E-state index in [1.165, 1.54) is 5.56 Å². The van der Waals surface area contributed by atoms with Crippen molar-refractivity contribution in [2.75, 3.05) is 7.05 Å². The van der Waals surface area contributed by atoms with Crippen LogP contribution in [0.5, 0.6) is 5.75 Å². The molecular weight excluding hydrogens is 224 g/mol. The highest BCUT2D eigenvalue weighted by Gasteiger charge is 2.02. The molecule has 2 rings (SSSR count). The third-order valence-electron chi connectivity index (χ3n) is 2.97. The number of ether oxygens (including phenoxy) is 1. The molecule has 1 aromatic heterocycles. The van der Waals surface area contributed by atoms with Crippen LogP contribution in [-0.4, -0.2) is 12.0 Å². The summed E-state index contributed by atoms with van der Waals surface area (Å²) in [6.07, 6.45) is 3.55. The molecule has 1 heterocycles. The summed E-state index contributed by atoms with van der Waals surface area (Å²) in [4.78, 5) is 3.98. The van der Waals surface area contributed by atoms with Crippen molar-refractivity contribution in [2.24, 2.45) is 0 Å². The minimum Gasteiger partial charge on any atom is -0.489 e. The maximum atomic E-state index is 5.71. The Kier molecular flexibility index (Phi) is 4.31. The van der Waals surface area contributed by atoms with Gasteiger partial charge in [0.1, 0.15) is 12.4 Å². The Labute approximate surface area is 108 Å². The van der Waals surface area contributed by atoms with Crippen molar-refractivity contribution < 1.29 is 4.74 Å². The number of nitrogens with one attached hydrogen (secondary N) is 1. The standard InChI is InChI=1S/C15H18N2O/c1-12(16-2)14-3-5-15(6-4-14)18-11-13-7-9-17-10-8-13/h3-10,12,16H,11H2,1-2H3. The molecule has 0 bridgehead atoms. The molecule has 18 heavy (non-hydrogen) atoms. The van der Waals surface area contributed by atoms with Crippen LogP contribution in [0.15, 0.2) is 48.8 Å². The van der Waals surface area contributed by atoms with E-state index in [1.54, 1.807) is 12.4 Å². The van der Waals surface area contributed by atoms with Gasteiger partial charge in [-0.25, -0.2) is 0 Å². The second-order valence-corrected chi connectivity index (χ2v) is 4.22. The van der Waals surface area contributed by atoms with Crippen molar-refractivity contribution in [1.82, 2.24) is 10.3 Å². The Morgan fingerprint density at radius 3 is 2.39 bits per heavy atom. The topological polar surface area (TPSA) is 34.1 Å². The molecule has 0 aliphatic heterocycles. The zero-order valence-corrected chi connectivity index (χ0v) is 10.8. The lowest BCUT2D eigenvalue weighted by Crippen LogP contribution is -2.11. The van der Waals surface area contributed by atoms with Crippen LogP contribution in [-0.2, 0) is 6.61 Å². The highest BCUT2D eigenvalue weighted by atomic mass is 16.5. The molecule has 0 saturated heterocycles. The molecule has 94 valence electrons. The van der Waals surface area contributed by atoms with E-state index in [4.69, 9.17) is 4.74 Å². The minimum atomic E-state index is 0.360. The molecule has 3 heteroatoms. The Morgan fingerprint density at radius 2 is 1.78 bits per heavy atom. The Morgan fingerprint density at radius 1 is 1.11 bits per heavy atom. The molecule has 1 atom stereocenters. The second-order valence-electron chi connectivity index (χ2n) is 4.22. The van der Waals surface area contributed by atoms with Crippen LogP contribution < -0.4 is 10.1 Å². The molecule has 0 spiro atoms. The summed E-state index contributed by atoms with van der Waals surface area (Å²) in [6.45, 7) is 2.70. The molecular formula is C15H18N2O. The highest BCUT2D eigenvalue weighted by Crippen LogP contribution is 2.18. The van der Waals surface area contributed by atoms with Crippen LogP contribution in [0.4, 0.5) is 0 Å². The van der Waals surface area contributed by atoms with Crippen LogP contribution in [0.1, 0.15) is 24.1 Å². The number of hydrogen-bond acceptors (Lipinski definition) is 3. The first kappa shape index (κ1) is 12.6. The van der Waals surface area contributed by atoms with Crippen molar-refractivity contribution >= 4 is 0 Å². The normalized spacial score (nSPS) is 12.1. The molecule has 1 aromatic carbocycles. The van der Waals surface area contributed by atoms with Gasteiger partial charge in [0.2, 0.25) is 0 Å². The minimum absolute atomic E-state index is 0.360. The molecule has 0 amide bonds. The van der Waals surface area contributed by atoms with Gasteiger partial charge in [0.25, 0.3) is 0 Å². The number of benzene rings is 1. The van der Waals surface area contributed by atoms with Crippen molar-refractivity contribution in [3.05, 3.63) is 59.9 Å². The molecule has 1 N–H and O–H groups in total. The van der Waals surface area contributed by atoms with Gasteiger partial charge in [-0.3, -0.25) is 4.98 Å². The highest BCUT2D eigenvalue weighted by molar-refractivity contribution is 5.29. The van der Waals surface area contributed by atoms with Crippen molar-refractivity contribution in [3.63, 3.8) is 0 Å². The van der Waals surface area contributed by atoms with Crippen LogP contribution in [0.2, 0.25) is 0 Å². The van der Waals surface area contributed by atoms with Gasteiger partial charge in [0.15, 0.2) is 0 Å². The molecule has 0 aliphatic carbocycles. The van der Waals surface area contributed by atoms with E-state index in [1.807, 2.05) is 31.3 Å². The molecule has 3 nitrogen and oxygen atoms in total. The van der Waals surface area contributed by atoms with Crippen molar-refractivity contribution in [1.29, 1.82) is 0 Å². The third-order valence-corrected chi connectivity index (χ3v) is 2.97. The first-order valence-corrected chi connectivity index (χ1v) is 6.08. The van der Waals surface area contributed by atoms with Gasteiger partial charge in [0, 0.05) is 18.4 Å². The number of rotatable bonds is 5. The zero-order chi connectivity index (χ0) is 12.8. The Balaban J connectivity index is 1.94. The van der Waals surface area contributed by atoms with E-state index in [2.05, 4.69) is 29.4 Å². The van der Waals surface area contributed by atoms with E-state index < -0.39 is 0 Å². The van der Waals surface area contributed by atoms with E-state index in [0.717, 1.165) is 11.3 Å². The van der Waals surface area contributed by atoms with Gasteiger partial charge in [-0.05, 0) is 49.4 Å². The molecule has 2 aromatic rings. The van der Waals surface area contributed by atoms with E-state index in [0.29, 0.717) is 12.6 Å². The van der Waals surface area contributed by atoms with Crippen LogP contribution >= 0.6 is 0 Å². The third kappa shape index (κ3) is 3.31. The maximum Gasteiger partial charge on any atom is 0.119 e. The zero-order valence-electron chi connectivity index (χ0n) is 10.8. The smallest absolute Gasteiger partial charge is 0.119 e. The predicted octanol–water partition coefficient (Wildman–Crippen LogP) is 2.94. The monoisotopic (exact) mass is 242 g/mol. The largest absolute Gasteiger partial charge is 0.489 e. The van der Waals surface area contributed by atoms with Gasteiger partial charge in [-0.2, -0.15) is 0 Å². The Hall–Kier alpha value is -1.87. The summed E-state index contributed by atoms with van der Waals surface area (Å²) in [7, 11) is 1.96. The van der Waals surface area contributed by atoms with Crippen LogP contribution in [0.25, 0.3) is 0 Å². The fourth-order valence-electron chi connectivity index (χ4n) is 1.67. The summed E-state index contributed by atoms with van der Waals surface area (Å²) in [5.41, 5.74) is 2.38. The van der Waals surface area contributed by atoms with E-state index in [-0.39, 0.29) is 0 Å². The summed E-state index contributed by atoms with van der Waals surface area (Å²) in [6, 6.07) is 12.5. The molecule has 1 unspecified atom stereocenters. The molecule has 0 aliphatic rings. The number of nitrogens with zero attached hydrogens (tertiary/aromatic N) is 1. The second kappa shape index (κ2) is 6.17. The van der Waals surface area contributed by atoms with Gasteiger partial charge in [-0.15, -0.1) is 0 Å². The maximum absolute atomic E-state index is 5.71. The average Bonchev–Trinajstić information content (AvgIpc) is 2.46. The summed E-state index contributed by atoms with van der Waals surface area (Å²) in [5.74, 6) is 0.888. The van der Waals surface area contributed by atoms with Crippen LogP contribution in [0.3, 0.4) is 0 Å². The summed E-state index contributed by atoms with van der Waals surface area (Å²) in [5, 5.41) is 3.21. The fourth-order valence-corrected chi connectivity index (χ4v) is 1.67. The fraction of sp³-hybridized carbons (Fsp3) is 0.267. The molecule has 0 saturated carbocycles. The van der Waals surface area contributed by atoms with E-state index in [9.17, 15) is 0 Å². The number of hydrogen-bond donors (Lipinski definition) is 1. The molecule has 0 fully saturated rings. The van der Waals surface area contributed by atoms with Gasteiger partial charge >= 0.3 is 0 Å². The SMILES string of the molecule is CNC(C)c1ccc(OCc2ccncc2)cc1. The number of aromatic nitrogens is 1. The first-order chi connectivity index (χ1) is 8.79. The summed E-state index contributed by atoms with van der Waals surface area (Å²) >= 11 is 0. The average molecular weight is 242 g/mol. The lowest BCUT2D eigenvalue weighted by molar-refractivity contribution is 0.306. The lowest BCUT2D eigenvalue weighted by atomic mass is 10.1.